The van der Waals surface area contributed by atoms with E-state index < -0.39 is 26.5 Å². The summed E-state index contributed by atoms with van der Waals surface area (Å²) in [5.74, 6) is 0.829. The van der Waals surface area contributed by atoms with Crippen molar-refractivity contribution in [1.29, 1.82) is 0 Å². The molecule has 4 aromatic rings. The zero-order valence-corrected chi connectivity index (χ0v) is 40.1. The van der Waals surface area contributed by atoms with Crippen molar-refractivity contribution in [3.8, 4) is 5.75 Å². The van der Waals surface area contributed by atoms with Crippen molar-refractivity contribution in [2.24, 2.45) is 11.3 Å². The molecular weight excluding hydrogens is 853 g/mol. The number of amides is 1. The van der Waals surface area contributed by atoms with Gasteiger partial charge >= 0.3 is 0 Å². The lowest BCUT2D eigenvalue weighted by Gasteiger charge is -2.58. The summed E-state index contributed by atoms with van der Waals surface area (Å²) in [5, 5.41) is 25.4. The molecule has 4 aliphatic rings. The Hall–Kier alpha value is -5.02. The van der Waals surface area contributed by atoms with Crippen LogP contribution in [0.25, 0.3) is 0 Å². The first-order valence-electron chi connectivity index (χ1n) is 24.0. The largest absolute Gasteiger partial charge is 0.496 e. The Balaban J connectivity index is 0.859. The third-order valence-corrected chi connectivity index (χ3v) is 16.5. The molecule has 14 heteroatoms. The molecule has 1 atom stereocenters. The number of hydrogen-bond donors (Lipinski definition) is 3. The van der Waals surface area contributed by atoms with Gasteiger partial charge in [0.1, 0.15) is 11.4 Å². The number of benzene rings is 4. The van der Waals surface area contributed by atoms with E-state index in [1.54, 1.807) is 19.2 Å². The lowest BCUT2D eigenvalue weighted by atomic mass is 9.59. The normalized spacial score (nSPS) is 22.8. The molecular formula is C52H68N6O7S. The van der Waals surface area contributed by atoms with Crippen LogP contribution in [0.3, 0.4) is 0 Å². The number of ether oxygens (including phenoxy) is 1. The van der Waals surface area contributed by atoms with Gasteiger partial charge < -0.3 is 20.1 Å². The molecule has 2 aliphatic heterocycles. The summed E-state index contributed by atoms with van der Waals surface area (Å²) in [6.45, 7) is 14.9. The monoisotopic (exact) mass is 920 g/mol. The van der Waals surface area contributed by atoms with Gasteiger partial charge in [-0.3, -0.25) is 24.7 Å². The van der Waals surface area contributed by atoms with Crippen LogP contribution in [0, 0.1) is 21.4 Å². The first kappa shape index (κ1) is 47.5. The highest BCUT2D eigenvalue weighted by molar-refractivity contribution is 7.90. The van der Waals surface area contributed by atoms with Crippen molar-refractivity contribution in [2.45, 2.75) is 121 Å². The highest BCUT2D eigenvalue weighted by atomic mass is 32.2. The second-order valence-electron chi connectivity index (χ2n) is 20.1. The van der Waals surface area contributed by atoms with E-state index >= 15 is 0 Å². The average Bonchev–Trinajstić information content (AvgIpc) is 3.30. The minimum absolute atomic E-state index is 0.181. The predicted molar refractivity (Wildman–Crippen MR) is 260 cm³/mol. The summed E-state index contributed by atoms with van der Waals surface area (Å²) in [5.41, 5.74) is 6.10. The zero-order chi connectivity index (χ0) is 46.8. The molecule has 13 nitrogen and oxygen atoms in total. The van der Waals surface area contributed by atoms with Crippen molar-refractivity contribution >= 4 is 33.0 Å². The molecule has 4 aromatic carbocycles. The Labute approximate surface area is 391 Å². The summed E-state index contributed by atoms with van der Waals surface area (Å²) in [7, 11) is -2.66. The summed E-state index contributed by atoms with van der Waals surface area (Å²) in [6.07, 6.45) is 8.41. The SMILES string of the molecule is CCc1cc(CN2CCN(C3CC4(CCN(c5ccc(C(=O)NS(=O)(=O)c6ccc(NCC7CCC(C)(O)CC7)c([N+](=O)[O-])c6)cc5)CC4)C3)C(c3ccccc3C(C)C)C2)ccc1OC. The Morgan fingerprint density at radius 3 is 2.32 bits per heavy atom. The number of aliphatic hydroxyl groups is 1. The number of hydrogen-bond acceptors (Lipinski definition) is 11. The van der Waals surface area contributed by atoms with E-state index in [0.29, 0.717) is 42.8 Å². The molecule has 2 heterocycles. The van der Waals surface area contributed by atoms with Gasteiger partial charge in [0.15, 0.2) is 0 Å². The second-order valence-corrected chi connectivity index (χ2v) is 21.7. The third-order valence-electron chi connectivity index (χ3n) is 15.2. The van der Waals surface area contributed by atoms with E-state index in [1.807, 2.05) is 19.1 Å². The van der Waals surface area contributed by atoms with E-state index in [2.05, 4.69) is 88.0 Å². The topological polar surface area (TPSA) is 158 Å². The van der Waals surface area contributed by atoms with Crippen molar-refractivity contribution in [3.05, 3.63) is 123 Å². The number of sulfonamides is 1. The average molecular weight is 921 g/mol. The molecule has 2 saturated heterocycles. The number of nitrogens with zero attached hydrogens (tertiary/aromatic N) is 4. The molecule has 0 bridgehead atoms. The van der Waals surface area contributed by atoms with Gasteiger partial charge in [-0.1, -0.05) is 57.2 Å². The summed E-state index contributed by atoms with van der Waals surface area (Å²) in [6, 6.07) is 27.2. The van der Waals surface area contributed by atoms with Crippen LogP contribution in [0.1, 0.15) is 124 Å². The minimum Gasteiger partial charge on any atom is -0.496 e. The number of rotatable bonds is 15. The van der Waals surface area contributed by atoms with E-state index in [0.717, 1.165) is 88.9 Å². The van der Waals surface area contributed by atoms with Crippen molar-refractivity contribution in [1.82, 2.24) is 14.5 Å². The van der Waals surface area contributed by atoms with Gasteiger partial charge in [0, 0.05) is 75.2 Å². The van der Waals surface area contributed by atoms with Gasteiger partial charge in [-0.2, -0.15) is 0 Å². The highest BCUT2D eigenvalue weighted by Crippen LogP contribution is 2.53. The van der Waals surface area contributed by atoms with Crippen LogP contribution >= 0.6 is 0 Å². The fourth-order valence-electron chi connectivity index (χ4n) is 11.1. The lowest BCUT2D eigenvalue weighted by molar-refractivity contribution is -0.384. The fourth-order valence-corrected chi connectivity index (χ4v) is 12.1. The van der Waals surface area contributed by atoms with E-state index in [-0.39, 0.29) is 27.8 Å². The summed E-state index contributed by atoms with van der Waals surface area (Å²) < 4.78 is 34.4. The standard InChI is InChI=1S/C52H68N6O7S/c1-6-39-29-38(11-18-49(39)65-5)34-55-27-28-57(48(35-55)45-10-8-7-9-44(45)36(2)3)42-31-52(32-42)23-25-56(26-24-52)41-14-12-40(13-15-41)50(59)54-66(63,64)43-16-17-46(47(30-43)58(61)62)53-33-37-19-21-51(4,60)22-20-37/h7-18,29-30,36-37,42,48,53,60H,6,19-28,31-35H2,1-5H3,(H,54,59). The van der Waals surface area contributed by atoms with E-state index in [4.69, 9.17) is 4.74 Å². The lowest BCUT2D eigenvalue weighted by Crippen LogP contribution is -2.60. The number of piperazine rings is 1. The number of anilines is 2. The van der Waals surface area contributed by atoms with Crippen LogP contribution in [-0.4, -0.2) is 92.2 Å². The van der Waals surface area contributed by atoms with Crippen LogP contribution in [0.2, 0.25) is 0 Å². The number of aryl methyl sites for hydroxylation is 1. The first-order chi connectivity index (χ1) is 31.6. The molecule has 66 heavy (non-hydrogen) atoms. The van der Waals surface area contributed by atoms with Crippen LogP contribution in [0.15, 0.2) is 89.8 Å². The fraction of sp³-hybridized carbons (Fsp3) is 0.519. The van der Waals surface area contributed by atoms with Crippen LogP contribution in [0.4, 0.5) is 17.1 Å². The molecule has 3 N–H and O–H groups in total. The summed E-state index contributed by atoms with van der Waals surface area (Å²) >= 11 is 0. The highest BCUT2D eigenvalue weighted by Gasteiger charge is 2.50. The summed E-state index contributed by atoms with van der Waals surface area (Å²) in [4.78, 5) is 32.1. The number of carbonyl (C=O) groups is 1. The zero-order valence-electron chi connectivity index (χ0n) is 39.3. The molecule has 1 amide bonds. The molecule has 0 radical (unpaired) electrons. The van der Waals surface area contributed by atoms with Crippen LogP contribution in [-0.2, 0) is 23.0 Å². The quantitative estimate of drug-likeness (QED) is 0.0772. The van der Waals surface area contributed by atoms with Gasteiger partial charge in [0.2, 0.25) is 0 Å². The van der Waals surface area contributed by atoms with Gasteiger partial charge in [-0.25, -0.2) is 13.1 Å². The van der Waals surface area contributed by atoms with Gasteiger partial charge in [-0.15, -0.1) is 0 Å². The van der Waals surface area contributed by atoms with Gasteiger partial charge in [0.25, 0.3) is 21.6 Å². The number of methoxy groups -OCH3 is 1. The predicted octanol–water partition coefficient (Wildman–Crippen LogP) is 9.07. The molecule has 8 rings (SSSR count). The van der Waals surface area contributed by atoms with Crippen LogP contribution < -0.4 is 19.7 Å². The molecule has 354 valence electrons. The number of nitro benzene ring substituents is 1. The van der Waals surface area contributed by atoms with Gasteiger partial charge in [-0.05, 0) is 147 Å². The number of carbonyl (C=O) groups excluding carboxylic acids is 1. The molecule has 4 fully saturated rings. The maximum Gasteiger partial charge on any atom is 0.293 e. The number of nitro groups is 1. The van der Waals surface area contributed by atoms with Gasteiger partial charge in [0.05, 0.1) is 22.5 Å². The molecule has 2 aliphatic carbocycles. The number of nitrogens with one attached hydrogen (secondary N) is 2. The smallest absolute Gasteiger partial charge is 0.293 e. The van der Waals surface area contributed by atoms with E-state index in [1.165, 1.54) is 47.2 Å². The first-order valence-corrected chi connectivity index (χ1v) is 25.4. The Bertz CT molecular complexity index is 2470. The Kier molecular flexibility index (Phi) is 14.2. The van der Waals surface area contributed by atoms with Crippen molar-refractivity contribution < 1.29 is 28.0 Å². The molecule has 1 unspecified atom stereocenters. The molecule has 1 spiro atoms. The maximum absolute atomic E-state index is 13.3. The molecule has 2 saturated carbocycles. The van der Waals surface area contributed by atoms with Crippen LogP contribution in [0.5, 0.6) is 5.75 Å². The Morgan fingerprint density at radius 2 is 1.65 bits per heavy atom. The Morgan fingerprint density at radius 1 is 0.939 bits per heavy atom. The van der Waals surface area contributed by atoms with Crippen molar-refractivity contribution in [2.75, 3.05) is 56.6 Å². The van der Waals surface area contributed by atoms with Crippen molar-refractivity contribution in [3.63, 3.8) is 0 Å². The second kappa shape index (κ2) is 19.7. The third kappa shape index (κ3) is 10.6. The molecule has 0 aromatic heterocycles. The van der Waals surface area contributed by atoms with E-state index in [9.17, 15) is 28.4 Å². The maximum atomic E-state index is 13.3. The number of piperidine rings is 1. The minimum atomic E-state index is -4.41.